The summed E-state index contributed by atoms with van der Waals surface area (Å²) in [5.41, 5.74) is 3.65. The fraction of sp³-hybridized carbons (Fsp3) is 0.263. The Bertz CT molecular complexity index is 841. The second kappa shape index (κ2) is 6.00. The van der Waals surface area contributed by atoms with Crippen LogP contribution in [0.4, 0.5) is 5.95 Å². The van der Waals surface area contributed by atoms with Crippen LogP contribution in [-0.2, 0) is 0 Å². The minimum absolute atomic E-state index is 0.0891. The Balaban J connectivity index is 1.75. The van der Waals surface area contributed by atoms with E-state index >= 15 is 0 Å². The predicted octanol–water partition coefficient (Wildman–Crippen LogP) is 3.74. The second-order valence-electron chi connectivity index (χ2n) is 6.13. The molecule has 2 aromatic carbocycles. The summed E-state index contributed by atoms with van der Waals surface area (Å²) in [4.78, 5) is 4.38. The van der Waals surface area contributed by atoms with Crippen LogP contribution >= 0.6 is 0 Å². The number of fused-ring (bicyclic) bond motifs is 1. The van der Waals surface area contributed by atoms with Gasteiger partial charge in [0, 0.05) is 5.56 Å². The molecule has 3 aromatic rings. The van der Waals surface area contributed by atoms with Gasteiger partial charge >= 0.3 is 0 Å². The van der Waals surface area contributed by atoms with Gasteiger partial charge in [-0.3, -0.25) is 0 Å². The number of nitrogens with zero attached hydrogens (tertiary/aromatic N) is 3. The van der Waals surface area contributed by atoms with E-state index in [1.807, 2.05) is 22.9 Å². The second-order valence-corrected chi connectivity index (χ2v) is 6.13. The van der Waals surface area contributed by atoms with Gasteiger partial charge in [0.25, 0.3) is 0 Å². The number of hydrogen-bond donors (Lipinski definition) is 1. The van der Waals surface area contributed by atoms with Gasteiger partial charge < -0.3 is 10.1 Å². The summed E-state index contributed by atoms with van der Waals surface area (Å²) in [5.74, 6) is 1.68. The maximum Gasteiger partial charge on any atom is 0.222 e. The van der Waals surface area contributed by atoms with Crippen molar-refractivity contribution in [3.63, 3.8) is 0 Å². The first-order valence-corrected chi connectivity index (χ1v) is 8.12. The summed E-state index contributed by atoms with van der Waals surface area (Å²) in [7, 11) is 1.71. The van der Waals surface area contributed by atoms with Crippen LogP contribution in [0.2, 0.25) is 0 Å². The zero-order valence-electron chi connectivity index (χ0n) is 13.8. The van der Waals surface area contributed by atoms with Gasteiger partial charge in [0.2, 0.25) is 5.95 Å². The van der Waals surface area contributed by atoms with Crippen LogP contribution in [0.3, 0.4) is 0 Å². The van der Waals surface area contributed by atoms with Gasteiger partial charge in [-0.2, -0.15) is 10.1 Å². The Morgan fingerprint density at radius 2 is 1.92 bits per heavy atom. The molecule has 0 unspecified atom stereocenters. The molecule has 2 atom stereocenters. The largest absolute Gasteiger partial charge is 0.496 e. The number of hydrogen-bond acceptors (Lipinski definition) is 4. The van der Waals surface area contributed by atoms with Crippen molar-refractivity contribution in [1.29, 1.82) is 0 Å². The summed E-state index contributed by atoms with van der Waals surface area (Å²) >= 11 is 0. The molecule has 0 spiro atoms. The number of aromatic nitrogens is 3. The zero-order valence-corrected chi connectivity index (χ0v) is 13.8. The molecule has 0 saturated heterocycles. The molecular formula is C19H20N4O. The van der Waals surface area contributed by atoms with Gasteiger partial charge in [-0.1, -0.05) is 48.0 Å². The number of methoxy groups -OCH3 is 1. The van der Waals surface area contributed by atoms with Crippen molar-refractivity contribution in [3.05, 3.63) is 71.5 Å². The molecule has 4 rings (SSSR count). The molecule has 1 aliphatic rings. The average molecular weight is 320 g/mol. The SMILES string of the molecule is COc1ccccc1[C@@H]1C[C@@H](c2ccc(C)cc2)Nc2ncnn21. The average Bonchev–Trinajstić information content (AvgIpc) is 3.10. The lowest BCUT2D eigenvalue weighted by Crippen LogP contribution is -2.28. The molecule has 0 amide bonds. The summed E-state index contributed by atoms with van der Waals surface area (Å²) in [5, 5.41) is 7.92. The van der Waals surface area contributed by atoms with Gasteiger partial charge in [0.15, 0.2) is 0 Å². The molecule has 1 N–H and O–H groups in total. The normalized spacial score (nSPS) is 19.4. The molecular weight excluding hydrogens is 300 g/mol. The maximum atomic E-state index is 5.56. The third-order valence-corrected chi connectivity index (χ3v) is 4.61. The van der Waals surface area contributed by atoms with E-state index in [1.54, 1.807) is 13.4 Å². The van der Waals surface area contributed by atoms with E-state index in [-0.39, 0.29) is 12.1 Å². The summed E-state index contributed by atoms with van der Waals surface area (Å²) in [6, 6.07) is 17.1. The van der Waals surface area contributed by atoms with Gasteiger partial charge in [0.1, 0.15) is 12.1 Å². The van der Waals surface area contributed by atoms with Crippen molar-refractivity contribution in [3.8, 4) is 5.75 Å². The molecule has 5 heteroatoms. The quantitative estimate of drug-likeness (QED) is 0.799. The number of aryl methyl sites for hydroxylation is 1. The number of anilines is 1. The minimum Gasteiger partial charge on any atom is -0.496 e. The molecule has 0 radical (unpaired) electrons. The highest BCUT2D eigenvalue weighted by molar-refractivity contribution is 5.42. The van der Waals surface area contributed by atoms with Crippen molar-refractivity contribution in [2.24, 2.45) is 0 Å². The first-order chi connectivity index (χ1) is 11.8. The molecule has 0 bridgehead atoms. The highest BCUT2D eigenvalue weighted by Crippen LogP contribution is 2.40. The lowest BCUT2D eigenvalue weighted by Gasteiger charge is -2.32. The molecule has 122 valence electrons. The number of para-hydroxylation sites is 1. The van der Waals surface area contributed by atoms with E-state index in [2.05, 4.69) is 52.7 Å². The molecule has 24 heavy (non-hydrogen) atoms. The van der Waals surface area contributed by atoms with Gasteiger partial charge in [-0.05, 0) is 25.0 Å². The van der Waals surface area contributed by atoms with Gasteiger partial charge in [-0.15, -0.1) is 0 Å². The molecule has 0 saturated carbocycles. The monoisotopic (exact) mass is 320 g/mol. The number of nitrogens with one attached hydrogen (secondary N) is 1. The van der Waals surface area contributed by atoms with Crippen LogP contribution < -0.4 is 10.1 Å². The molecule has 5 nitrogen and oxygen atoms in total. The van der Waals surface area contributed by atoms with Crippen LogP contribution in [0.1, 0.15) is 35.2 Å². The maximum absolute atomic E-state index is 5.56. The fourth-order valence-corrected chi connectivity index (χ4v) is 3.34. The molecule has 1 aliphatic heterocycles. The summed E-state index contributed by atoms with van der Waals surface area (Å²) < 4.78 is 7.51. The number of ether oxygens (including phenoxy) is 1. The molecule has 0 fully saturated rings. The van der Waals surface area contributed by atoms with Crippen LogP contribution in [0.25, 0.3) is 0 Å². The number of rotatable bonds is 3. The van der Waals surface area contributed by atoms with Crippen molar-refractivity contribution < 1.29 is 4.74 Å². The van der Waals surface area contributed by atoms with Gasteiger partial charge in [0.05, 0.1) is 19.2 Å². The zero-order chi connectivity index (χ0) is 16.5. The smallest absolute Gasteiger partial charge is 0.222 e. The van der Waals surface area contributed by atoms with Crippen molar-refractivity contribution >= 4 is 5.95 Å². The van der Waals surface area contributed by atoms with E-state index < -0.39 is 0 Å². The van der Waals surface area contributed by atoms with Crippen LogP contribution in [0.15, 0.2) is 54.9 Å². The Kier molecular flexibility index (Phi) is 3.69. The van der Waals surface area contributed by atoms with Crippen molar-refractivity contribution in [2.45, 2.75) is 25.4 Å². The topological polar surface area (TPSA) is 52.0 Å². The predicted molar refractivity (Wildman–Crippen MR) is 93.3 cm³/mol. The van der Waals surface area contributed by atoms with E-state index in [4.69, 9.17) is 4.74 Å². The highest BCUT2D eigenvalue weighted by atomic mass is 16.5. The Labute approximate surface area is 141 Å². The number of benzene rings is 2. The molecule has 0 aliphatic carbocycles. The van der Waals surface area contributed by atoms with Crippen LogP contribution in [-0.4, -0.2) is 21.9 Å². The van der Waals surface area contributed by atoms with Crippen molar-refractivity contribution in [1.82, 2.24) is 14.8 Å². The lowest BCUT2D eigenvalue weighted by molar-refractivity contribution is 0.380. The summed E-state index contributed by atoms with van der Waals surface area (Å²) in [6.45, 7) is 2.10. The van der Waals surface area contributed by atoms with Crippen LogP contribution in [0, 0.1) is 6.92 Å². The Morgan fingerprint density at radius 3 is 2.71 bits per heavy atom. The summed E-state index contributed by atoms with van der Waals surface area (Å²) in [6.07, 6.45) is 2.49. The first kappa shape index (κ1) is 14.8. The van der Waals surface area contributed by atoms with E-state index in [0.717, 1.165) is 23.7 Å². The minimum atomic E-state index is 0.0891. The highest BCUT2D eigenvalue weighted by Gasteiger charge is 2.31. The van der Waals surface area contributed by atoms with Gasteiger partial charge in [-0.25, -0.2) is 4.68 Å². The van der Waals surface area contributed by atoms with E-state index in [1.165, 1.54) is 11.1 Å². The van der Waals surface area contributed by atoms with Crippen molar-refractivity contribution in [2.75, 3.05) is 12.4 Å². The lowest BCUT2D eigenvalue weighted by atomic mass is 9.92. The molecule has 2 heterocycles. The molecule has 1 aromatic heterocycles. The van der Waals surface area contributed by atoms with E-state index in [0.29, 0.717) is 0 Å². The fourth-order valence-electron chi connectivity index (χ4n) is 3.34. The third-order valence-electron chi connectivity index (χ3n) is 4.61. The van der Waals surface area contributed by atoms with E-state index in [9.17, 15) is 0 Å². The Morgan fingerprint density at radius 1 is 1.12 bits per heavy atom. The third kappa shape index (κ3) is 2.52. The van der Waals surface area contributed by atoms with Crippen LogP contribution in [0.5, 0.6) is 5.75 Å². The first-order valence-electron chi connectivity index (χ1n) is 8.12. The Hall–Kier alpha value is -2.82. The standard InChI is InChI=1S/C19H20N4O/c1-13-7-9-14(10-8-13)16-11-17(23-19(22-16)20-12-21-23)15-5-3-4-6-18(15)24-2/h3-10,12,16-17H,11H2,1-2H3,(H,20,21,22)/t16-,17-/m0/s1.